The molecule has 1 saturated carbocycles. The summed E-state index contributed by atoms with van der Waals surface area (Å²) in [5, 5.41) is 0. The van der Waals surface area contributed by atoms with Gasteiger partial charge in [-0.25, -0.2) is 0 Å². The van der Waals surface area contributed by atoms with Gasteiger partial charge in [-0.15, -0.1) is 0 Å². The van der Waals surface area contributed by atoms with Crippen LogP contribution in [0.25, 0.3) is 0 Å². The average molecular weight is 309 g/mol. The van der Waals surface area contributed by atoms with Crippen LogP contribution in [0.15, 0.2) is 0 Å². The van der Waals surface area contributed by atoms with Gasteiger partial charge >= 0.3 is 0 Å². The first-order valence-corrected chi connectivity index (χ1v) is 8.86. The molecular formula is C17H31N3O2. The third-order valence-electron chi connectivity index (χ3n) is 5.30. The highest BCUT2D eigenvalue weighted by Gasteiger charge is 2.30. The van der Waals surface area contributed by atoms with E-state index < -0.39 is 0 Å². The highest BCUT2D eigenvalue weighted by molar-refractivity contribution is 5.74. The van der Waals surface area contributed by atoms with E-state index in [1.807, 2.05) is 4.90 Å². The Kier molecular flexibility index (Phi) is 6.68. The van der Waals surface area contributed by atoms with Gasteiger partial charge in [0.2, 0.25) is 11.8 Å². The summed E-state index contributed by atoms with van der Waals surface area (Å²) in [7, 11) is 0. The number of hydrogen-bond donors (Lipinski definition) is 1. The molecule has 1 heterocycles. The fraction of sp³-hybridized carbons (Fsp3) is 0.882. The molecule has 0 aromatic heterocycles. The molecule has 1 saturated heterocycles. The molecule has 1 aliphatic carbocycles. The molecule has 0 aromatic carbocycles. The van der Waals surface area contributed by atoms with Crippen molar-refractivity contribution in [2.24, 2.45) is 11.7 Å². The minimum absolute atomic E-state index is 0.155. The highest BCUT2D eigenvalue weighted by Crippen LogP contribution is 2.30. The molecule has 1 aliphatic heterocycles. The second-order valence-electron chi connectivity index (χ2n) is 6.89. The molecule has 0 bridgehead atoms. The Morgan fingerprint density at radius 3 is 2.27 bits per heavy atom. The van der Waals surface area contributed by atoms with Gasteiger partial charge in [0.1, 0.15) is 0 Å². The van der Waals surface area contributed by atoms with Gasteiger partial charge in [0.25, 0.3) is 0 Å². The van der Waals surface area contributed by atoms with Crippen molar-refractivity contribution in [1.82, 2.24) is 9.80 Å². The van der Waals surface area contributed by atoms with Gasteiger partial charge in [0.05, 0.1) is 0 Å². The molecule has 126 valence electrons. The standard InChI is InChI=1S/C17H31N3O2/c1-14(21)19-9-6-10-20(12-11-19)16(13-17(18)22)15-7-4-2-3-5-8-15/h15-16H,2-13H2,1H3,(H2,18,22). The fourth-order valence-corrected chi connectivity index (χ4v) is 4.08. The van der Waals surface area contributed by atoms with Crippen molar-refractivity contribution < 1.29 is 9.59 Å². The number of primary amides is 1. The third kappa shape index (κ3) is 4.97. The van der Waals surface area contributed by atoms with Gasteiger partial charge in [-0.3, -0.25) is 14.5 Å². The molecule has 0 radical (unpaired) electrons. The van der Waals surface area contributed by atoms with E-state index in [0.29, 0.717) is 12.3 Å². The lowest BCUT2D eigenvalue weighted by Crippen LogP contribution is -2.45. The second kappa shape index (κ2) is 8.51. The summed E-state index contributed by atoms with van der Waals surface area (Å²) in [6.45, 7) is 5.09. The Morgan fingerprint density at radius 2 is 1.68 bits per heavy atom. The summed E-state index contributed by atoms with van der Waals surface area (Å²) < 4.78 is 0. The van der Waals surface area contributed by atoms with E-state index in [9.17, 15) is 9.59 Å². The van der Waals surface area contributed by atoms with E-state index in [-0.39, 0.29) is 17.9 Å². The van der Waals surface area contributed by atoms with Crippen molar-refractivity contribution in [1.29, 1.82) is 0 Å². The van der Waals surface area contributed by atoms with Crippen LogP contribution in [-0.4, -0.2) is 53.8 Å². The first-order valence-electron chi connectivity index (χ1n) is 8.86. The number of carbonyl (C=O) groups is 2. The largest absolute Gasteiger partial charge is 0.370 e. The van der Waals surface area contributed by atoms with Gasteiger partial charge in [-0.2, -0.15) is 0 Å². The zero-order valence-electron chi connectivity index (χ0n) is 13.9. The maximum absolute atomic E-state index is 11.6. The number of rotatable bonds is 4. The van der Waals surface area contributed by atoms with Crippen molar-refractivity contribution in [2.45, 2.75) is 64.3 Å². The van der Waals surface area contributed by atoms with Gasteiger partial charge in [0, 0.05) is 45.6 Å². The van der Waals surface area contributed by atoms with Crippen LogP contribution in [0.2, 0.25) is 0 Å². The first kappa shape index (κ1) is 17.3. The Balaban J connectivity index is 2.03. The van der Waals surface area contributed by atoms with Crippen LogP contribution >= 0.6 is 0 Å². The quantitative estimate of drug-likeness (QED) is 0.805. The molecule has 5 heteroatoms. The molecule has 5 nitrogen and oxygen atoms in total. The second-order valence-corrected chi connectivity index (χ2v) is 6.89. The van der Waals surface area contributed by atoms with E-state index in [4.69, 9.17) is 5.73 Å². The maximum atomic E-state index is 11.6. The smallest absolute Gasteiger partial charge is 0.219 e. The lowest BCUT2D eigenvalue weighted by molar-refractivity contribution is -0.128. The van der Waals surface area contributed by atoms with E-state index in [1.165, 1.54) is 38.5 Å². The van der Waals surface area contributed by atoms with E-state index >= 15 is 0 Å². The summed E-state index contributed by atoms with van der Waals surface area (Å²) >= 11 is 0. The van der Waals surface area contributed by atoms with Crippen LogP contribution in [0, 0.1) is 5.92 Å². The van der Waals surface area contributed by atoms with E-state index in [0.717, 1.165) is 32.6 Å². The highest BCUT2D eigenvalue weighted by atomic mass is 16.2. The Morgan fingerprint density at radius 1 is 1.00 bits per heavy atom. The molecule has 2 fully saturated rings. The Bertz CT molecular complexity index is 378. The average Bonchev–Trinajstić information content (AvgIpc) is 2.87. The van der Waals surface area contributed by atoms with Crippen molar-refractivity contribution in [3.05, 3.63) is 0 Å². The lowest BCUT2D eigenvalue weighted by atomic mass is 9.88. The Labute approximate surface area is 134 Å². The summed E-state index contributed by atoms with van der Waals surface area (Å²) in [5.41, 5.74) is 5.53. The van der Waals surface area contributed by atoms with Crippen LogP contribution in [0.3, 0.4) is 0 Å². The number of carbonyl (C=O) groups excluding carboxylic acids is 2. The van der Waals surface area contributed by atoms with E-state index in [2.05, 4.69) is 4.90 Å². The molecule has 2 aliphatic rings. The molecule has 1 unspecified atom stereocenters. The van der Waals surface area contributed by atoms with Crippen LogP contribution in [0.1, 0.15) is 58.3 Å². The Hall–Kier alpha value is -1.10. The molecule has 22 heavy (non-hydrogen) atoms. The number of nitrogens with zero attached hydrogens (tertiary/aromatic N) is 2. The molecule has 1 atom stereocenters. The van der Waals surface area contributed by atoms with Crippen LogP contribution in [0.5, 0.6) is 0 Å². The fourth-order valence-electron chi connectivity index (χ4n) is 4.08. The molecule has 2 amide bonds. The molecule has 0 spiro atoms. The van der Waals surface area contributed by atoms with Gasteiger partial charge in [0.15, 0.2) is 0 Å². The molecule has 2 N–H and O–H groups in total. The molecule has 0 aromatic rings. The van der Waals surface area contributed by atoms with Crippen LogP contribution in [-0.2, 0) is 9.59 Å². The predicted octanol–water partition coefficient (Wildman–Crippen LogP) is 1.75. The minimum Gasteiger partial charge on any atom is -0.370 e. The minimum atomic E-state index is -0.193. The van der Waals surface area contributed by atoms with Crippen LogP contribution < -0.4 is 5.73 Å². The molecular weight excluding hydrogens is 278 g/mol. The summed E-state index contributed by atoms with van der Waals surface area (Å²) in [6.07, 6.45) is 9.05. The topological polar surface area (TPSA) is 66.6 Å². The predicted molar refractivity (Wildman–Crippen MR) is 87.2 cm³/mol. The zero-order valence-corrected chi connectivity index (χ0v) is 13.9. The van der Waals surface area contributed by atoms with Crippen molar-refractivity contribution in [3.63, 3.8) is 0 Å². The van der Waals surface area contributed by atoms with Crippen LogP contribution in [0.4, 0.5) is 0 Å². The molecule has 2 rings (SSSR count). The van der Waals surface area contributed by atoms with Gasteiger partial charge < -0.3 is 10.6 Å². The number of hydrogen-bond acceptors (Lipinski definition) is 3. The summed E-state index contributed by atoms with van der Waals surface area (Å²) in [4.78, 5) is 27.5. The first-order chi connectivity index (χ1) is 10.6. The van der Waals surface area contributed by atoms with E-state index in [1.54, 1.807) is 6.92 Å². The summed E-state index contributed by atoms with van der Waals surface area (Å²) in [6, 6.07) is 0.266. The van der Waals surface area contributed by atoms with Gasteiger partial charge in [-0.05, 0) is 25.2 Å². The van der Waals surface area contributed by atoms with Gasteiger partial charge in [-0.1, -0.05) is 25.7 Å². The van der Waals surface area contributed by atoms with Crippen molar-refractivity contribution >= 4 is 11.8 Å². The third-order valence-corrected chi connectivity index (χ3v) is 5.30. The zero-order chi connectivity index (χ0) is 15.9. The monoisotopic (exact) mass is 309 g/mol. The SMILES string of the molecule is CC(=O)N1CCCN(C(CC(N)=O)C2CCCCCC2)CC1. The lowest BCUT2D eigenvalue weighted by Gasteiger charge is -2.35. The van der Waals surface area contributed by atoms with Crippen molar-refractivity contribution in [2.75, 3.05) is 26.2 Å². The normalized spacial score (nSPS) is 23.6. The van der Waals surface area contributed by atoms with Crippen molar-refractivity contribution in [3.8, 4) is 0 Å². The summed E-state index contributed by atoms with van der Waals surface area (Å²) in [5.74, 6) is 0.545. The number of nitrogens with two attached hydrogens (primary N) is 1. The maximum Gasteiger partial charge on any atom is 0.219 e. The number of amides is 2.